The van der Waals surface area contributed by atoms with Crippen LogP contribution in [0.2, 0.25) is 0 Å². The zero-order valence-corrected chi connectivity index (χ0v) is 10.3. The van der Waals surface area contributed by atoms with Gasteiger partial charge in [0.25, 0.3) is 0 Å². The molecule has 0 bridgehead atoms. The molecule has 84 valence electrons. The lowest BCUT2D eigenvalue weighted by atomic mass is 10.0. The molecule has 0 aromatic heterocycles. The third-order valence-corrected chi connectivity index (χ3v) is 3.29. The van der Waals surface area contributed by atoms with Gasteiger partial charge in [-0.05, 0) is 33.6 Å². The van der Waals surface area contributed by atoms with Crippen LogP contribution in [-0.2, 0) is 4.74 Å². The molecule has 14 heavy (non-hydrogen) atoms. The number of hydrogen-bond acceptors (Lipinski definition) is 2. The lowest BCUT2D eigenvalue weighted by Crippen LogP contribution is -2.43. The molecule has 0 aromatic rings. The van der Waals surface area contributed by atoms with Crippen molar-refractivity contribution in [3.05, 3.63) is 0 Å². The molecule has 1 fully saturated rings. The largest absolute Gasteiger partial charge is 0.353 e. The topological polar surface area (TPSA) is 21.3 Å². The van der Waals surface area contributed by atoms with Crippen molar-refractivity contribution in [3.63, 3.8) is 0 Å². The van der Waals surface area contributed by atoms with Crippen LogP contribution in [0.15, 0.2) is 0 Å². The number of nitrogens with one attached hydrogen (secondary N) is 1. The monoisotopic (exact) mass is 199 g/mol. The minimum absolute atomic E-state index is 0.0235. The summed E-state index contributed by atoms with van der Waals surface area (Å²) in [7, 11) is 0. The second kappa shape index (κ2) is 4.19. The Labute approximate surface area is 88.4 Å². The second-order valence-corrected chi connectivity index (χ2v) is 5.07. The van der Waals surface area contributed by atoms with Crippen molar-refractivity contribution in [2.24, 2.45) is 0 Å². The fourth-order valence-electron chi connectivity index (χ4n) is 2.37. The molecule has 1 atom stereocenters. The SMILES string of the molecule is CCCC1(CCC)NC(C)C(C)(C)O1. The standard InChI is InChI=1S/C12H25NO/c1-6-8-12(9-7-2)13-10(3)11(4,5)14-12/h10,13H,6-9H2,1-5H3. The molecule has 0 aliphatic carbocycles. The molecular formula is C12H25NO. The predicted octanol–water partition coefficient (Wildman–Crippen LogP) is 3.07. The maximum absolute atomic E-state index is 6.22. The quantitative estimate of drug-likeness (QED) is 0.751. The minimum Gasteiger partial charge on any atom is -0.353 e. The Morgan fingerprint density at radius 2 is 1.64 bits per heavy atom. The van der Waals surface area contributed by atoms with Crippen LogP contribution in [0.5, 0.6) is 0 Å². The summed E-state index contributed by atoms with van der Waals surface area (Å²) < 4.78 is 6.22. The fraction of sp³-hybridized carbons (Fsp3) is 1.00. The molecule has 1 N–H and O–H groups in total. The molecule has 0 spiro atoms. The molecule has 1 aliphatic rings. The van der Waals surface area contributed by atoms with Crippen LogP contribution < -0.4 is 5.32 Å². The third-order valence-electron chi connectivity index (χ3n) is 3.29. The van der Waals surface area contributed by atoms with Crippen LogP contribution in [0.25, 0.3) is 0 Å². The summed E-state index contributed by atoms with van der Waals surface area (Å²) >= 11 is 0. The van der Waals surface area contributed by atoms with Crippen molar-refractivity contribution >= 4 is 0 Å². The average molecular weight is 199 g/mol. The van der Waals surface area contributed by atoms with Crippen LogP contribution in [0, 0.1) is 0 Å². The van der Waals surface area contributed by atoms with Gasteiger partial charge in [-0.2, -0.15) is 0 Å². The highest BCUT2D eigenvalue weighted by Gasteiger charge is 2.47. The van der Waals surface area contributed by atoms with Crippen LogP contribution in [0.1, 0.15) is 60.3 Å². The van der Waals surface area contributed by atoms with Gasteiger partial charge < -0.3 is 4.74 Å². The Balaban J connectivity index is 2.72. The van der Waals surface area contributed by atoms with E-state index in [-0.39, 0.29) is 11.3 Å². The maximum atomic E-state index is 6.22. The number of rotatable bonds is 4. The molecule has 1 rings (SSSR count). The van der Waals surface area contributed by atoms with Gasteiger partial charge in [0.2, 0.25) is 0 Å². The van der Waals surface area contributed by atoms with E-state index in [1.54, 1.807) is 0 Å². The van der Waals surface area contributed by atoms with Crippen LogP contribution >= 0.6 is 0 Å². The zero-order valence-electron chi connectivity index (χ0n) is 10.3. The van der Waals surface area contributed by atoms with Gasteiger partial charge in [0.1, 0.15) is 5.72 Å². The van der Waals surface area contributed by atoms with Crippen molar-refractivity contribution < 1.29 is 4.74 Å². The van der Waals surface area contributed by atoms with Gasteiger partial charge in [0.05, 0.1) is 5.60 Å². The van der Waals surface area contributed by atoms with Crippen molar-refractivity contribution in [2.75, 3.05) is 0 Å². The Morgan fingerprint density at radius 1 is 1.14 bits per heavy atom. The first-order chi connectivity index (χ1) is 6.46. The highest BCUT2D eigenvalue weighted by Crippen LogP contribution is 2.36. The molecule has 0 radical (unpaired) electrons. The second-order valence-electron chi connectivity index (χ2n) is 5.07. The van der Waals surface area contributed by atoms with E-state index in [4.69, 9.17) is 4.74 Å². The number of ether oxygens (including phenoxy) is 1. The zero-order chi connectivity index (χ0) is 10.8. The molecule has 0 saturated carbocycles. The Morgan fingerprint density at radius 3 is 1.93 bits per heavy atom. The molecule has 1 saturated heterocycles. The summed E-state index contributed by atoms with van der Waals surface area (Å²) in [5.41, 5.74) is -0.0727. The fourth-order valence-corrected chi connectivity index (χ4v) is 2.37. The van der Waals surface area contributed by atoms with E-state index in [1.807, 2.05) is 0 Å². The summed E-state index contributed by atoms with van der Waals surface area (Å²) in [6.07, 6.45) is 4.59. The van der Waals surface area contributed by atoms with E-state index in [0.717, 1.165) is 12.8 Å². The lowest BCUT2D eigenvalue weighted by Gasteiger charge is -2.30. The van der Waals surface area contributed by atoms with Gasteiger partial charge in [0.15, 0.2) is 0 Å². The first-order valence-electron chi connectivity index (χ1n) is 5.93. The maximum Gasteiger partial charge on any atom is 0.120 e. The van der Waals surface area contributed by atoms with Crippen LogP contribution in [0.4, 0.5) is 0 Å². The van der Waals surface area contributed by atoms with E-state index in [1.165, 1.54) is 12.8 Å². The van der Waals surface area contributed by atoms with Crippen molar-refractivity contribution in [3.8, 4) is 0 Å². The summed E-state index contributed by atoms with van der Waals surface area (Å²) in [6, 6.07) is 0.445. The van der Waals surface area contributed by atoms with E-state index in [0.29, 0.717) is 6.04 Å². The molecule has 2 heteroatoms. The molecule has 1 aliphatic heterocycles. The van der Waals surface area contributed by atoms with Gasteiger partial charge in [-0.15, -0.1) is 0 Å². The molecule has 0 amide bonds. The van der Waals surface area contributed by atoms with Gasteiger partial charge in [0, 0.05) is 6.04 Å². The number of hydrogen-bond donors (Lipinski definition) is 1. The third kappa shape index (κ3) is 2.29. The normalized spacial score (nSPS) is 29.4. The van der Waals surface area contributed by atoms with E-state index in [9.17, 15) is 0 Å². The van der Waals surface area contributed by atoms with Crippen LogP contribution in [-0.4, -0.2) is 17.4 Å². The predicted molar refractivity (Wildman–Crippen MR) is 60.3 cm³/mol. The summed E-state index contributed by atoms with van der Waals surface area (Å²) in [5, 5.41) is 3.64. The van der Waals surface area contributed by atoms with Gasteiger partial charge in [-0.1, -0.05) is 26.7 Å². The van der Waals surface area contributed by atoms with E-state index in [2.05, 4.69) is 39.9 Å². The minimum atomic E-state index is -0.0492. The Hall–Kier alpha value is -0.0800. The lowest BCUT2D eigenvalue weighted by molar-refractivity contribution is -0.102. The molecule has 0 aromatic carbocycles. The first kappa shape index (κ1) is 12.0. The summed E-state index contributed by atoms with van der Waals surface area (Å²) in [5.74, 6) is 0. The van der Waals surface area contributed by atoms with Gasteiger partial charge in [-0.3, -0.25) is 5.32 Å². The highest BCUT2D eigenvalue weighted by atomic mass is 16.6. The molecular weight excluding hydrogens is 174 g/mol. The summed E-state index contributed by atoms with van der Waals surface area (Å²) in [4.78, 5) is 0. The molecule has 2 nitrogen and oxygen atoms in total. The van der Waals surface area contributed by atoms with E-state index < -0.39 is 0 Å². The first-order valence-corrected chi connectivity index (χ1v) is 5.93. The summed E-state index contributed by atoms with van der Waals surface area (Å²) in [6.45, 7) is 11.0. The molecule has 1 heterocycles. The van der Waals surface area contributed by atoms with Crippen molar-refractivity contribution in [2.45, 2.75) is 77.7 Å². The van der Waals surface area contributed by atoms with Gasteiger partial charge in [-0.25, -0.2) is 0 Å². The van der Waals surface area contributed by atoms with Crippen molar-refractivity contribution in [1.82, 2.24) is 5.32 Å². The molecule has 1 unspecified atom stereocenters. The smallest absolute Gasteiger partial charge is 0.120 e. The van der Waals surface area contributed by atoms with Crippen LogP contribution in [0.3, 0.4) is 0 Å². The van der Waals surface area contributed by atoms with Crippen molar-refractivity contribution in [1.29, 1.82) is 0 Å². The highest BCUT2D eigenvalue weighted by molar-refractivity contribution is 4.97. The average Bonchev–Trinajstić information content (AvgIpc) is 2.23. The Bertz CT molecular complexity index is 183. The Kier molecular flexibility index (Phi) is 3.59. The van der Waals surface area contributed by atoms with E-state index >= 15 is 0 Å². The van der Waals surface area contributed by atoms with Gasteiger partial charge >= 0.3 is 0 Å².